The first-order valence-corrected chi connectivity index (χ1v) is 24.4. The number of carbonyl (C=O) groups is 7. The summed E-state index contributed by atoms with van der Waals surface area (Å²) in [4.78, 5) is 101. The summed E-state index contributed by atoms with van der Waals surface area (Å²) < 4.78 is 11.0. The van der Waals surface area contributed by atoms with Gasteiger partial charge in [-0.25, -0.2) is 4.79 Å². The first kappa shape index (κ1) is 49.5. The Morgan fingerprint density at radius 1 is 0.912 bits per heavy atom. The van der Waals surface area contributed by atoms with Gasteiger partial charge in [0.2, 0.25) is 29.5 Å². The standard InChI is InChI=1S/C41H74N6O9Si/c1-15-28(4)36(42-37(51)31(22-27(2)3)46(11)40(54)55-20-21-57(12,13)14)39(53)44(9)24-33(48)43(8)25-34(49)45(10)32-23-29-18-16-17-19-30(29)47(38(32)52)26-35(50)56-41(5,6)7/h27-32,36H,15-26H2,1-14H3,(H,42,51)/t28-,29?,30?,31-,32-,36-/m0/s1. The fraction of sp³-hybridized carbons (Fsp3) is 0.829. The molecule has 1 saturated heterocycles. The lowest BCUT2D eigenvalue weighted by atomic mass is 9.76. The van der Waals surface area contributed by atoms with Crippen LogP contribution in [0.2, 0.25) is 25.7 Å². The van der Waals surface area contributed by atoms with E-state index in [4.69, 9.17) is 9.47 Å². The van der Waals surface area contributed by atoms with Gasteiger partial charge in [-0.05, 0) is 70.3 Å². The second kappa shape index (κ2) is 21.4. The summed E-state index contributed by atoms with van der Waals surface area (Å²) in [5.41, 5.74) is -0.704. The van der Waals surface area contributed by atoms with Crippen LogP contribution in [0.4, 0.5) is 4.79 Å². The van der Waals surface area contributed by atoms with Crippen LogP contribution in [-0.4, -0.2) is 158 Å². The lowest BCUT2D eigenvalue weighted by molar-refractivity contribution is -0.166. The monoisotopic (exact) mass is 823 g/mol. The first-order valence-electron chi connectivity index (χ1n) is 20.7. The van der Waals surface area contributed by atoms with Crippen LogP contribution in [-0.2, 0) is 38.2 Å². The molecule has 2 fully saturated rings. The maximum absolute atomic E-state index is 13.9. The quantitative estimate of drug-likeness (QED) is 0.158. The Kier molecular flexibility index (Phi) is 18.5. The van der Waals surface area contributed by atoms with Crippen LogP contribution in [0.3, 0.4) is 0 Å². The molecule has 326 valence electrons. The SMILES string of the molecule is CC[C@H](C)[C@H](NC(=O)[C@H](CC(C)C)N(C)C(=O)OCC[Si](C)(C)C)C(=O)N(C)CC(=O)N(C)CC(=O)N(C)[C@H]1CC2CCCCC2N(CC(=O)OC(C)(C)C)C1=O. The normalized spacial score (nSPS) is 20.1. The molecule has 16 heteroatoms. The van der Waals surface area contributed by atoms with Crippen LogP contribution in [0.1, 0.15) is 93.4 Å². The van der Waals surface area contributed by atoms with Crippen LogP contribution in [0.25, 0.3) is 0 Å². The number of esters is 1. The van der Waals surface area contributed by atoms with E-state index in [1.54, 1.807) is 32.7 Å². The third kappa shape index (κ3) is 15.2. The minimum Gasteiger partial charge on any atom is -0.459 e. The molecule has 1 N–H and O–H groups in total. The second-order valence-corrected chi connectivity index (χ2v) is 24.5. The summed E-state index contributed by atoms with van der Waals surface area (Å²) in [6.07, 6.45) is 4.42. The van der Waals surface area contributed by atoms with Crippen LogP contribution in [0, 0.1) is 17.8 Å². The number of ether oxygens (including phenoxy) is 2. The van der Waals surface area contributed by atoms with E-state index in [1.807, 2.05) is 27.7 Å². The number of rotatable bonds is 18. The average molecular weight is 823 g/mol. The van der Waals surface area contributed by atoms with Crippen molar-refractivity contribution in [1.29, 1.82) is 0 Å². The van der Waals surface area contributed by atoms with Crippen LogP contribution in [0.15, 0.2) is 0 Å². The molecule has 0 spiro atoms. The van der Waals surface area contributed by atoms with E-state index >= 15 is 0 Å². The molecule has 2 unspecified atom stereocenters. The fourth-order valence-electron chi connectivity index (χ4n) is 7.36. The van der Waals surface area contributed by atoms with Gasteiger partial charge < -0.3 is 34.4 Å². The van der Waals surface area contributed by atoms with E-state index in [1.165, 1.54) is 40.7 Å². The zero-order valence-electron chi connectivity index (χ0n) is 37.4. The van der Waals surface area contributed by atoms with Gasteiger partial charge in [0.05, 0.1) is 19.7 Å². The highest BCUT2D eigenvalue weighted by atomic mass is 28.3. The largest absolute Gasteiger partial charge is 0.459 e. The van der Waals surface area contributed by atoms with Gasteiger partial charge in [-0.3, -0.25) is 33.7 Å². The third-order valence-electron chi connectivity index (χ3n) is 11.1. The topological polar surface area (TPSA) is 166 Å². The van der Waals surface area contributed by atoms with E-state index in [0.717, 1.165) is 31.7 Å². The van der Waals surface area contributed by atoms with E-state index in [0.29, 0.717) is 19.3 Å². The molecule has 2 rings (SSSR count). The Morgan fingerprint density at radius 3 is 2.07 bits per heavy atom. The van der Waals surface area contributed by atoms with Crippen LogP contribution in [0.5, 0.6) is 0 Å². The van der Waals surface area contributed by atoms with Crippen molar-refractivity contribution in [2.24, 2.45) is 17.8 Å². The minimum absolute atomic E-state index is 0.0601. The van der Waals surface area contributed by atoms with Gasteiger partial charge in [0.15, 0.2) is 0 Å². The number of hydrogen-bond donors (Lipinski definition) is 1. The Balaban J connectivity index is 2.12. The highest BCUT2D eigenvalue weighted by molar-refractivity contribution is 6.76. The summed E-state index contributed by atoms with van der Waals surface area (Å²) in [6, 6.07) is -1.95. The number of amides is 6. The number of nitrogens with zero attached hydrogens (tertiary/aromatic N) is 5. The predicted octanol–water partition coefficient (Wildman–Crippen LogP) is 4.22. The number of carbonyl (C=O) groups excluding carboxylic acids is 7. The molecule has 1 saturated carbocycles. The van der Waals surface area contributed by atoms with Gasteiger partial charge in [-0.2, -0.15) is 0 Å². The van der Waals surface area contributed by atoms with Crippen molar-refractivity contribution in [2.45, 2.75) is 149 Å². The number of likely N-dealkylation sites (tertiary alicyclic amines) is 1. The summed E-state index contributed by atoms with van der Waals surface area (Å²) in [6.45, 7) is 18.9. The smallest absolute Gasteiger partial charge is 0.410 e. The molecule has 6 amide bonds. The second-order valence-electron chi connectivity index (χ2n) is 18.9. The molecule has 1 aliphatic carbocycles. The molecule has 6 atom stereocenters. The Labute approximate surface area is 342 Å². The number of piperidine rings is 1. The molecular weight excluding hydrogens is 749 g/mol. The number of nitrogens with one attached hydrogen (secondary N) is 1. The lowest BCUT2D eigenvalue weighted by Gasteiger charge is -2.48. The number of fused-ring (bicyclic) bond motifs is 1. The van der Waals surface area contributed by atoms with Crippen molar-refractivity contribution >= 4 is 49.7 Å². The first-order chi connectivity index (χ1) is 26.3. The van der Waals surface area contributed by atoms with Gasteiger partial charge in [0.25, 0.3) is 0 Å². The summed E-state index contributed by atoms with van der Waals surface area (Å²) >= 11 is 0. The van der Waals surface area contributed by atoms with E-state index < -0.39 is 67.5 Å². The molecule has 0 aromatic rings. The van der Waals surface area contributed by atoms with Crippen molar-refractivity contribution in [1.82, 2.24) is 29.8 Å². The van der Waals surface area contributed by atoms with E-state index in [9.17, 15) is 33.6 Å². The number of likely N-dealkylation sites (N-methyl/N-ethyl adjacent to an activating group) is 4. The van der Waals surface area contributed by atoms with Crippen molar-refractivity contribution < 1.29 is 43.0 Å². The molecule has 1 aliphatic heterocycles. The van der Waals surface area contributed by atoms with Gasteiger partial charge in [0, 0.05) is 42.3 Å². The maximum Gasteiger partial charge on any atom is 0.410 e. The molecule has 0 radical (unpaired) electrons. The molecule has 1 heterocycles. The molecule has 0 aromatic heterocycles. The van der Waals surface area contributed by atoms with E-state index in [2.05, 4.69) is 25.0 Å². The predicted molar refractivity (Wildman–Crippen MR) is 222 cm³/mol. The maximum atomic E-state index is 13.9. The summed E-state index contributed by atoms with van der Waals surface area (Å²) in [5.74, 6) is -2.83. The van der Waals surface area contributed by atoms with Crippen LogP contribution < -0.4 is 5.32 Å². The Bertz CT molecular complexity index is 1430. The van der Waals surface area contributed by atoms with Crippen molar-refractivity contribution in [3.8, 4) is 0 Å². The molecule has 0 bridgehead atoms. The van der Waals surface area contributed by atoms with Crippen molar-refractivity contribution in [2.75, 3.05) is 54.4 Å². The fourth-order valence-corrected chi connectivity index (χ4v) is 8.07. The molecule has 2 aliphatic rings. The molecular formula is C41H74N6O9Si. The number of hydrogen-bond acceptors (Lipinski definition) is 9. The third-order valence-corrected chi connectivity index (χ3v) is 12.8. The highest BCUT2D eigenvalue weighted by Gasteiger charge is 2.46. The lowest BCUT2D eigenvalue weighted by Crippen LogP contribution is -2.62. The van der Waals surface area contributed by atoms with Crippen molar-refractivity contribution in [3.63, 3.8) is 0 Å². The van der Waals surface area contributed by atoms with Crippen molar-refractivity contribution in [3.05, 3.63) is 0 Å². The van der Waals surface area contributed by atoms with Crippen LogP contribution >= 0.6 is 0 Å². The molecule has 57 heavy (non-hydrogen) atoms. The molecule has 0 aromatic carbocycles. The summed E-state index contributed by atoms with van der Waals surface area (Å²) in [7, 11) is 4.56. The summed E-state index contributed by atoms with van der Waals surface area (Å²) in [5, 5.41) is 2.88. The minimum atomic E-state index is -1.45. The van der Waals surface area contributed by atoms with Gasteiger partial charge in [-0.15, -0.1) is 0 Å². The Hall–Kier alpha value is -3.69. The zero-order valence-corrected chi connectivity index (χ0v) is 38.4. The van der Waals surface area contributed by atoms with Gasteiger partial charge >= 0.3 is 12.1 Å². The highest BCUT2D eigenvalue weighted by Crippen LogP contribution is 2.37. The van der Waals surface area contributed by atoms with Gasteiger partial charge in [-0.1, -0.05) is 66.6 Å². The van der Waals surface area contributed by atoms with Gasteiger partial charge in [0.1, 0.15) is 30.3 Å². The molecule has 15 nitrogen and oxygen atoms in total. The Morgan fingerprint density at radius 2 is 1.51 bits per heavy atom. The zero-order chi connectivity index (χ0) is 43.6. The average Bonchev–Trinajstić information content (AvgIpc) is 3.10. The van der Waals surface area contributed by atoms with E-state index in [-0.39, 0.29) is 55.9 Å².